The average molecular weight is 409 g/mol. The first-order valence-electron chi connectivity index (χ1n) is 13.0. The molecule has 0 spiro atoms. The molecule has 2 nitrogen and oxygen atoms in total. The molecule has 1 aromatic carbocycles. The van der Waals surface area contributed by atoms with Crippen molar-refractivity contribution in [2.75, 3.05) is 6.54 Å². The smallest absolute Gasteiger partial charge is 0.0638 e. The first kappa shape index (κ1) is 23.1. The van der Waals surface area contributed by atoms with Crippen molar-refractivity contribution in [2.45, 2.75) is 116 Å². The van der Waals surface area contributed by atoms with Crippen molar-refractivity contribution in [1.82, 2.24) is 4.98 Å². The number of unbranched alkanes of at least 4 members (excludes halogenated alkanes) is 14. The zero-order chi connectivity index (χ0) is 20.9. The van der Waals surface area contributed by atoms with Crippen molar-refractivity contribution < 1.29 is 0 Å². The molecular weight excluding hydrogens is 364 g/mol. The summed E-state index contributed by atoms with van der Waals surface area (Å²) < 4.78 is 0. The molecule has 0 fully saturated rings. The van der Waals surface area contributed by atoms with Crippen LogP contribution in [0.4, 0.5) is 0 Å². The number of aromatic amines is 1. The van der Waals surface area contributed by atoms with Gasteiger partial charge >= 0.3 is 0 Å². The minimum atomic E-state index is 0.961. The van der Waals surface area contributed by atoms with Gasteiger partial charge in [-0.2, -0.15) is 0 Å². The molecule has 1 aliphatic heterocycles. The van der Waals surface area contributed by atoms with Crippen molar-refractivity contribution in [3.05, 3.63) is 35.5 Å². The maximum absolute atomic E-state index is 4.85. The Kier molecular flexibility index (Phi) is 10.5. The summed E-state index contributed by atoms with van der Waals surface area (Å²) in [5.74, 6) is 0. The third-order valence-corrected chi connectivity index (χ3v) is 6.78. The van der Waals surface area contributed by atoms with E-state index in [1.807, 2.05) is 0 Å². The second kappa shape index (κ2) is 13.7. The lowest BCUT2D eigenvalue weighted by atomic mass is 9.98. The van der Waals surface area contributed by atoms with Crippen molar-refractivity contribution in [1.29, 1.82) is 0 Å². The molecule has 2 heterocycles. The lowest BCUT2D eigenvalue weighted by molar-refractivity contribution is 0.533. The number of aromatic nitrogens is 1. The summed E-state index contributed by atoms with van der Waals surface area (Å²) in [6.07, 6.45) is 23.6. The van der Waals surface area contributed by atoms with Gasteiger partial charge in [0.25, 0.3) is 0 Å². The van der Waals surface area contributed by atoms with Crippen LogP contribution < -0.4 is 0 Å². The van der Waals surface area contributed by atoms with E-state index in [1.54, 1.807) is 0 Å². The van der Waals surface area contributed by atoms with Crippen molar-refractivity contribution >= 4 is 16.6 Å². The Labute approximate surface area is 185 Å². The van der Waals surface area contributed by atoms with Crippen LogP contribution in [0.3, 0.4) is 0 Å². The van der Waals surface area contributed by atoms with Crippen LogP contribution in [0.15, 0.2) is 29.3 Å². The van der Waals surface area contributed by atoms with Crippen molar-refractivity contribution in [2.24, 2.45) is 4.99 Å². The van der Waals surface area contributed by atoms with Crippen LogP contribution in [-0.2, 0) is 6.42 Å². The first-order valence-corrected chi connectivity index (χ1v) is 13.0. The van der Waals surface area contributed by atoms with Crippen LogP contribution >= 0.6 is 0 Å². The predicted octanol–water partition coefficient (Wildman–Crippen LogP) is 8.77. The van der Waals surface area contributed by atoms with Gasteiger partial charge in [-0.25, -0.2) is 0 Å². The largest absolute Gasteiger partial charge is 0.353 e. The highest BCUT2D eigenvalue weighted by molar-refractivity contribution is 6.06. The lowest BCUT2D eigenvalue weighted by Crippen LogP contribution is -2.12. The average Bonchev–Trinajstić information content (AvgIpc) is 3.16. The first-order chi connectivity index (χ1) is 14.9. The van der Waals surface area contributed by atoms with Crippen LogP contribution in [0.2, 0.25) is 0 Å². The monoisotopic (exact) mass is 408 g/mol. The standard InChI is InChI=1S/C28H44N2/c1-2-3-4-5-6-7-8-9-10-11-12-13-14-15-16-21-27-28-25(22-23-29-27)24-19-17-18-20-26(24)30-28/h17-20,30H,2-16,21-23H2,1H3. The Balaban J connectivity index is 1.19. The molecule has 0 aliphatic carbocycles. The number of benzene rings is 1. The van der Waals surface area contributed by atoms with E-state index >= 15 is 0 Å². The minimum absolute atomic E-state index is 0.961. The Morgan fingerprint density at radius 3 is 1.93 bits per heavy atom. The fraction of sp³-hybridized carbons (Fsp3) is 0.679. The van der Waals surface area contributed by atoms with Crippen LogP contribution in [0.5, 0.6) is 0 Å². The van der Waals surface area contributed by atoms with Gasteiger partial charge in [0.05, 0.1) is 11.4 Å². The number of aliphatic imine (C=N–C) groups is 1. The van der Waals surface area contributed by atoms with E-state index in [-0.39, 0.29) is 0 Å². The minimum Gasteiger partial charge on any atom is -0.353 e. The van der Waals surface area contributed by atoms with Crippen molar-refractivity contribution in [3.8, 4) is 0 Å². The number of H-pyrrole nitrogens is 1. The van der Waals surface area contributed by atoms with E-state index in [9.17, 15) is 0 Å². The van der Waals surface area contributed by atoms with Gasteiger partial charge < -0.3 is 4.98 Å². The summed E-state index contributed by atoms with van der Waals surface area (Å²) in [5, 5.41) is 1.40. The lowest BCUT2D eigenvalue weighted by Gasteiger charge is -2.13. The number of hydrogen-bond donors (Lipinski definition) is 1. The molecule has 30 heavy (non-hydrogen) atoms. The van der Waals surface area contributed by atoms with Gasteiger partial charge in [0, 0.05) is 17.4 Å². The van der Waals surface area contributed by atoms with Gasteiger partial charge in [0.15, 0.2) is 0 Å². The van der Waals surface area contributed by atoms with E-state index in [2.05, 4.69) is 36.2 Å². The zero-order valence-corrected chi connectivity index (χ0v) is 19.5. The number of hydrogen-bond acceptors (Lipinski definition) is 1. The zero-order valence-electron chi connectivity index (χ0n) is 19.5. The predicted molar refractivity (Wildman–Crippen MR) is 133 cm³/mol. The maximum atomic E-state index is 4.85. The molecule has 0 saturated carbocycles. The Morgan fingerprint density at radius 1 is 0.733 bits per heavy atom. The molecule has 0 amide bonds. The fourth-order valence-corrected chi connectivity index (χ4v) is 4.96. The quantitative estimate of drug-likeness (QED) is 0.269. The van der Waals surface area contributed by atoms with Gasteiger partial charge in [-0.05, 0) is 30.9 Å². The molecular formula is C28H44N2. The highest BCUT2D eigenvalue weighted by atomic mass is 14.8. The molecule has 0 saturated heterocycles. The summed E-state index contributed by atoms with van der Waals surface area (Å²) in [4.78, 5) is 8.49. The number of fused-ring (bicyclic) bond motifs is 3. The van der Waals surface area contributed by atoms with Gasteiger partial charge in [-0.3, -0.25) is 4.99 Å². The van der Waals surface area contributed by atoms with Gasteiger partial charge in [-0.1, -0.05) is 115 Å². The van der Waals surface area contributed by atoms with E-state index in [4.69, 9.17) is 4.99 Å². The molecule has 3 rings (SSSR count). The van der Waals surface area contributed by atoms with Gasteiger partial charge in [-0.15, -0.1) is 0 Å². The molecule has 0 atom stereocenters. The molecule has 2 aromatic rings. The number of rotatable bonds is 16. The molecule has 1 aromatic heterocycles. The molecule has 1 aliphatic rings. The Bertz CT molecular complexity index is 755. The third kappa shape index (κ3) is 7.29. The normalized spacial score (nSPS) is 13.6. The van der Waals surface area contributed by atoms with Crippen molar-refractivity contribution in [3.63, 3.8) is 0 Å². The Morgan fingerprint density at radius 2 is 1.30 bits per heavy atom. The fourth-order valence-electron chi connectivity index (χ4n) is 4.96. The molecule has 166 valence electrons. The van der Waals surface area contributed by atoms with Crippen LogP contribution in [0, 0.1) is 0 Å². The van der Waals surface area contributed by atoms with E-state index in [0.29, 0.717) is 0 Å². The molecule has 1 N–H and O–H groups in total. The molecule has 0 bridgehead atoms. The second-order valence-electron chi connectivity index (χ2n) is 9.30. The highest BCUT2D eigenvalue weighted by Gasteiger charge is 2.18. The Hall–Kier alpha value is -1.57. The summed E-state index contributed by atoms with van der Waals surface area (Å²) >= 11 is 0. The summed E-state index contributed by atoms with van der Waals surface area (Å²) in [7, 11) is 0. The van der Waals surface area contributed by atoms with Crippen LogP contribution in [-0.4, -0.2) is 17.2 Å². The van der Waals surface area contributed by atoms with Gasteiger partial charge in [0.1, 0.15) is 0 Å². The summed E-state index contributed by atoms with van der Waals surface area (Å²) in [5.41, 5.74) is 5.42. The third-order valence-electron chi connectivity index (χ3n) is 6.78. The topological polar surface area (TPSA) is 28.1 Å². The van der Waals surface area contributed by atoms with E-state index in [1.165, 1.54) is 124 Å². The number of nitrogens with one attached hydrogen (secondary N) is 1. The van der Waals surface area contributed by atoms with Crippen LogP contribution in [0.1, 0.15) is 121 Å². The maximum Gasteiger partial charge on any atom is 0.0638 e. The molecule has 0 radical (unpaired) electrons. The molecule has 0 unspecified atom stereocenters. The molecule has 2 heteroatoms. The SMILES string of the molecule is CCCCCCCCCCCCCCCCCC1=NCCc2c1[nH]c1ccccc21. The van der Waals surface area contributed by atoms with Crippen LogP contribution in [0.25, 0.3) is 10.9 Å². The van der Waals surface area contributed by atoms with E-state index in [0.717, 1.165) is 19.4 Å². The van der Waals surface area contributed by atoms with Gasteiger partial charge in [0.2, 0.25) is 0 Å². The van der Waals surface area contributed by atoms with E-state index < -0.39 is 0 Å². The summed E-state index contributed by atoms with van der Waals surface area (Å²) in [6.45, 7) is 3.26. The summed E-state index contributed by atoms with van der Waals surface area (Å²) in [6, 6.07) is 8.71. The second-order valence-corrected chi connectivity index (χ2v) is 9.30. The number of nitrogens with zero attached hydrogens (tertiary/aromatic N) is 1. The highest BCUT2D eigenvalue weighted by Crippen LogP contribution is 2.27. The number of para-hydroxylation sites is 1.